The van der Waals surface area contributed by atoms with Gasteiger partial charge in [-0.2, -0.15) is 0 Å². The van der Waals surface area contributed by atoms with Crippen LogP contribution in [-0.4, -0.2) is 36.4 Å². The molecule has 8 heteroatoms. The smallest absolute Gasteiger partial charge is 0.251 e. The first-order valence-corrected chi connectivity index (χ1v) is 9.16. The van der Waals surface area contributed by atoms with E-state index in [0.717, 1.165) is 31.5 Å². The topological polar surface area (TPSA) is 102 Å². The van der Waals surface area contributed by atoms with Crippen molar-refractivity contribution in [2.45, 2.75) is 63.8 Å². The van der Waals surface area contributed by atoms with Gasteiger partial charge in [0.2, 0.25) is 0 Å². The Balaban J connectivity index is 1.38. The molecule has 0 bridgehead atoms. The molecule has 2 N–H and O–H groups in total. The van der Waals surface area contributed by atoms with Crippen molar-refractivity contribution in [2.75, 3.05) is 0 Å². The summed E-state index contributed by atoms with van der Waals surface area (Å²) < 4.78 is 3.63. The number of amides is 1. The molecule has 0 atom stereocenters. The molecule has 2 aliphatic rings. The molecule has 26 heavy (non-hydrogen) atoms. The molecule has 2 saturated carbocycles. The lowest BCUT2D eigenvalue weighted by Crippen LogP contribution is -2.44. The van der Waals surface area contributed by atoms with Crippen molar-refractivity contribution in [1.29, 1.82) is 0 Å². The highest BCUT2D eigenvalue weighted by atomic mass is 16.3. The third-order valence-electron chi connectivity index (χ3n) is 5.28. The van der Waals surface area contributed by atoms with Crippen molar-refractivity contribution in [3.05, 3.63) is 45.9 Å². The van der Waals surface area contributed by atoms with E-state index in [1.807, 2.05) is 6.92 Å². The summed E-state index contributed by atoms with van der Waals surface area (Å²) in [5, 5.41) is 20.8. The molecule has 2 heterocycles. The summed E-state index contributed by atoms with van der Waals surface area (Å²) in [6.45, 7) is 2.38. The minimum absolute atomic E-state index is 0.0723. The van der Waals surface area contributed by atoms with Gasteiger partial charge in [-0.1, -0.05) is 0 Å². The van der Waals surface area contributed by atoms with E-state index in [4.69, 9.17) is 0 Å². The summed E-state index contributed by atoms with van der Waals surface area (Å²) in [5.41, 5.74) is 0.229. The summed E-state index contributed by atoms with van der Waals surface area (Å²) in [5.74, 6) is 1.59. The molecule has 0 aromatic carbocycles. The molecule has 1 amide bonds. The van der Waals surface area contributed by atoms with Crippen LogP contribution < -0.4 is 10.9 Å². The number of nitrogens with zero attached hydrogens (tertiary/aromatic N) is 4. The summed E-state index contributed by atoms with van der Waals surface area (Å²) >= 11 is 0. The number of rotatable bonds is 6. The number of pyridine rings is 1. The zero-order valence-corrected chi connectivity index (χ0v) is 14.8. The van der Waals surface area contributed by atoms with Crippen molar-refractivity contribution in [3.63, 3.8) is 0 Å². The summed E-state index contributed by atoms with van der Waals surface area (Å²) in [4.78, 5) is 24.2. The SMILES string of the molecule is CCn1ccc(C(=O)NC2CC(c3nnc(CO)n3C3CC3)C2)cc1=O. The van der Waals surface area contributed by atoms with E-state index >= 15 is 0 Å². The predicted molar refractivity (Wildman–Crippen MR) is 93.8 cm³/mol. The Hall–Kier alpha value is -2.48. The van der Waals surface area contributed by atoms with Crippen molar-refractivity contribution in [1.82, 2.24) is 24.6 Å². The van der Waals surface area contributed by atoms with Gasteiger partial charge in [0.25, 0.3) is 11.5 Å². The fourth-order valence-electron chi connectivity index (χ4n) is 3.58. The highest BCUT2D eigenvalue weighted by Crippen LogP contribution is 2.42. The maximum atomic E-state index is 12.4. The van der Waals surface area contributed by atoms with Gasteiger partial charge >= 0.3 is 0 Å². The second-order valence-electron chi connectivity index (χ2n) is 7.11. The number of aromatic nitrogens is 4. The van der Waals surface area contributed by atoms with Crippen LogP contribution in [0.5, 0.6) is 0 Å². The van der Waals surface area contributed by atoms with Crippen LogP contribution in [0.4, 0.5) is 0 Å². The molecule has 0 saturated heterocycles. The van der Waals surface area contributed by atoms with Gasteiger partial charge in [-0.3, -0.25) is 9.59 Å². The molecule has 2 fully saturated rings. The number of aryl methyl sites for hydroxylation is 1. The number of aliphatic hydroxyl groups is 1. The van der Waals surface area contributed by atoms with E-state index in [1.54, 1.807) is 16.8 Å². The third-order valence-corrected chi connectivity index (χ3v) is 5.28. The average Bonchev–Trinajstić information content (AvgIpc) is 3.36. The van der Waals surface area contributed by atoms with Gasteiger partial charge in [-0.05, 0) is 38.7 Å². The molecule has 2 aromatic rings. The Kier molecular flexibility index (Phi) is 4.36. The maximum absolute atomic E-state index is 12.4. The first kappa shape index (κ1) is 17.0. The first-order chi connectivity index (χ1) is 12.6. The van der Waals surface area contributed by atoms with E-state index in [2.05, 4.69) is 20.1 Å². The van der Waals surface area contributed by atoms with Crippen LogP contribution in [0.15, 0.2) is 23.1 Å². The van der Waals surface area contributed by atoms with E-state index in [1.165, 1.54) is 6.07 Å². The van der Waals surface area contributed by atoms with Gasteiger partial charge in [-0.15, -0.1) is 10.2 Å². The Bertz CT molecular complexity index is 877. The van der Waals surface area contributed by atoms with Gasteiger partial charge in [0.05, 0.1) is 0 Å². The van der Waals surface area contributed by atoms with Crippen molar-refractivity contribution in [3.8, 4) is 0 Å². The first-order valence-electron chi connectivity index (χ1n) is 9.16. The minimum Gasteiger partial charge on any atom is -0.388 e. The maximum Gasteiger partial charge on any atom is 0.251 e. The number of hydrogen-bond acceptors (Lipinski definition) is 5. The van der Waals surface area contributed by atoms with Crippen LogP contribution in [0.2, 0.25) is 0 Å². The molecule has 4 rings (SSSR count). The van der Waals surface area contributed by atoms with Crippen LogP contribution in [0.3, 0.4) is 0 Å². The van der Waals surface area contributed by atoms with Crippen molar-refractivity contribution in [2.24, 2.45) is 0 Å². The zero-order chi connectivity index (χ0) is 18.3. The highest BCUT2D eigenvalue weighted by Gasteiger charge is 2.38. The molecule has 2 aromatic heterocycles. The van der Waals surface area contributed by atoms with Gasteiger partial charge < -0.3 is 19.6 Å². The number of carbonyl (C=O) groups is 1. The molecule has 0 unspecified atom stereocenters. The fourth-order valence-corrected chi connectivity index (χ4v) is 3.58. The number of carbonyl (C=O) groups excluding carboxylic acids is 1. The lowest BCUT2D eigenvalue weighted by Gasteiger charge is -2.35. The fraction of sp³-hybridized carbons (Fsp3) is 0.556. The largest absolute Gasteiger partial charge is 0.388 e. The van der Waals surface area contributed by atoms with Crippen LogP contribution in [-0.2, 0) is 13.2 Å². The Labute approximate surface area is 150 Å². The summed E-state index contributed by atoms with van der Waals surface area (Å²) in [6, 6.07) is 3.55. The van der Waals surface area contributed by atoms with Crippen LogP contribution in [0.25, 0.3) is 0 Å². The molecule has 0 radical (unpaired) electrons. The molecular formula is C18H23N5O3. The van der Waals surface area contributed by atoms with Gasteiger partial charge in [0, 0.05) is 42.4 Å². The second kappa shape index (κ2) is 6.68. The van der Waals surface area contributed by atoms with Crippen molar-refractivity contribution < 1.29 is 9.90 Å². The predicted octanol–water partition coefficient (Wildman–Crippen LogP) is 0.963. The molecule has 8 nitrogen and oxygen atoms in total. The van der Waals surface area contributed by atoms with E-state index in [0.29, 0.717) is 24.0 Å². The minimum atomic E-state index is -0.214. The average molecular weight is 357 g/mol. The van der Waals surface area contributed by atoms with Crippen molar-refractivity contribution >= 4 is 5.91 Å². The van der Waals surface area contributed by atoms with Gasteiger partial charge in [0.15, 0.2) is 5.82 Å². The lowest BCUT2D eigenvalue weighted by molar-refractivity contribution is 0.0906. The molecular weight excluding hydrogens is 334 g/mol. The molecule has 0 aliphatic heterocycles. The zero-order valence-electron chi connectivity index (χ0n) is 14.8. The normalized spacial score (nSPS) is 22.1. The Morgan fingerprint density at radius 2 is 2.12 bits per heavy atom. The Morgan fingerprint density at radius 1 is 1.35 bits per heavy atom. The number of aliphatic hydroxyl groups excluding tert-OH is 1. The molecule has 2 aliphatic carbocycles. The van der Waals surface area contributed by atoms with E-state index in [-0.39, 0.29) is 30.0 Å². The molecule has 138 valence electrons. The Morgan fingerprint density at radius 3 is 2.73 bits per heavy atom. The van der Waals surface area contributed by atoms with Crippen LogP contribution in [0.1, 0.15) is 66.6 Å². The summed E-state index contributed by atoms with van der Waals surface area (Å²) in [7, 11) is 0. The highest BCUT2D eigenvalue weighted by molar-refractivity contribution is 5.94. The third kappa shape index (κ3) is 3.05. The van der Waals surface area contributed by atoms with Crippen LogP contribution >= 0.6 is 0 Å². The monoisotopic (exact) mass is 357 g/mol. The number of hydrogen-bond donors (Lipinski definition) is 2. The van der Waals surface area contributed by atoms with Gasteiger partial charge in [-0.25, -0.2) is 0 Å². The van der Waals surface area contributed by atoms with E-state index < -0.39 is 0 Å². The van der Waals surface area contributed by atoms with Crippen LogP contribution in [0, 0.1) is 0 Å². The number of nitrogens with one attached hydrogen (secondary N) is 1. The second-order valence-corrected chi connectivity index (χ2v) is 7.11. The standard InChI is InChI=1S/C18H23N5O3/c1-2-22-6-5-11(9-16(22)25)18(26)19-13-7-12(8-13)17-21-20-15(10-24)23(17)14-3-4-14/h5-6,9,12-14,24H,2-4,7-8,10H2,1H3,(H,19,26). The lowest BCUT2D eigenvalue weighted by atomic mass is 9.79. The summed E-state index contributed by atoms with van der Waals surface area (Å²) in [6.07, 6.45) is 5.46. The van der Waals surface area contributed by atoms with Gasteiger partial charge in [0.1, 0.15) is 12.4 Å². The molecule has 0 spiro atoms. The van der Waals surface area contributed by atoms with E-state index in [9.17, 15) is 14.7 Å². The quantitative estimate of drug-likeness (QED) is 0.802.